The van der Waals surface area contributed by atoms with Gasteiger partial charge in [-0.3, -0.25) is 0 Å². The summed E-state index contributed by atoms with van der Waals surface area (Å²) in [6, 6.07) is 0.782. The zero-order valence-electron chi connectivity index (χ0n) is 7.65. The van der Waals surface area contributed by atoms with Gasteiger partial charge in [-0.1, -0.05) is 13.8 Å². The maximum Gasteiger partial charge on any atom is 0.0206 e. The highest BCUT2D eigenvalue weighted by molar-refractivity contribution is 4.78. The van der Waals surface area contributed by atoms with Crippen LogP contribution in [-0.4, -0.2) is 38.1 Å². The third-order valence-corrected chi connectivity index (χ3v) is 1.51. The summed E-state index contributed by atoms with van der Waals surface area (Å²) in [5, 5.41) is 3.34. The molecule has 0 unspecified atom stereocenters. The topological polar surface area (TPSA) is 15.3 Å². The third kappa shape index (κ3) is 3.85. The molecule has 0 radical (unpaired) electrons. The molecule has 1 saturated heterocycles. The zero-order valence-corrected chi connectivity index (χ0v) is 7.65. The lowest BCUT2D eigenvalue weighted by molar-refractivity contribution is 0.273. The summed E-state index contributed by atoms with van der Waals surface area (Å²) in [6.07, 6.45) is 1.36. The molecule has 0 aromatic heterocycles. The molecule has 0 aromatic carbocycles. The van der Waals surface area contributed by atoms with Crippen LogP contribution in [0, 0.1) is 0 Å². The van der Waals surface area contributed by atoms with E-state index >= 15 is 0 Å². The Bertz CT molecular complexity index is 67.7. The predicted molar refractivity (Wildman–Crippen MR) is 46.3 cm³/mol. The lowest BCUT2D eigenvalue weighted by Crippen LogP contribution is -2.48. The lowest BCUT2D eigenvalue weighted by Gasteiger charge is -2.29. The SMILES string of the molecule is CC.CN(C)C[C@@H]1CCN1. The summed E-state index contributed by atoms with van der Waals surface area (Å²) in [5.41, 5.74) is 0. The van der Waals surface area contributed by atoms with Gasteiger partial charge in [0.05, 0.1) is 0 Å². The van der Waals surface area contributed by atoms with Crippen LogP contribution in [0.15, 0.2) is 0 Å². The predicted octanol–water partition coefficient (Wildman–Crippen LogP) is 0.936. The fourth-order valence-electron chi connectivity index (χ4n) is 0.945. The number of nitrogens with one attached hydrogen (secondary N) is 1. The van der Waals surface area contributed by atoms with E-state index in [0.717, 1.165) is 6.04 Å². The molecular weight excluding hydrogens is 124 g/mol. The molecule has 1 aliphatic rings. The van der Waals surface area contributed by atoms with E-state index in [1.54, 1.807) is 0 Å². The summed E-state index contributed by atoms with van der Waals surface area (Å²) in [5.74, 6) is 0. The van der Waals surface area contributed by atoms with Crippen LogP contribution in [0.25, 0.3) is 0 Å². The first-order valence-electron chi connectivity index (χ1n) is 4.17. The first-order valence-corrected chi connectivity index (χ1v) is 4.17. The van der Waals surface area contributed by atoms with Crippen molar-refractivity contribution in [2.75, 3.05) is 27.2 Å². The fourth-order valence-corrected chi connectivity index (χ4v) is 0.945. The summed E-state index contributed by atoms with van der Waals surface area (Å²) < 4.78 is 0. The molecule has 62 valence electrons. The molecule has 2 heteroatoms. The molecular formula is C8H20N2. The van der Waals surface area contributed by atoms with Crippen molar-refractivity contribution in [2.24, 2.45) is 0 Å². The van der Waals surface area contributed by atoms with E-state index in [4.69, 9.17) is 0 Å². The number of rotatable bonds is 2. The highest BCUT2D eigenvalue weighted by Crippen LogP contribution is 2.01. The van der Waals surface area contributed by atoms with E-state index in [1.807, 2.05) is 13.8 Å². The van der Waals surface area contributed by atoms with Gasteiger partial charge in [0.1, 0.15) is 0 Å². The lowest BCUT2D eigenvalue weighted by atomic mass is 10.1. The van der Waals surface area contributed by atoms with Crippen molar-refractivity contribution in [1.29, 1.82) is 0 Å². The van der Waals surface area contributed by atoms with Crippen LogP contribution in [0.1, 0.15) is 20.3 Å². The van der Waals surface area contributed by atoms with Gasteiger partial charge in [-0.05, 0) is 27.1 Å². The number of hydrogen-bond donors (Lipinski definition) is 1. The molecule has 1 heterocycles. The number of hydrogen-bond acceptors (Lipinski definition) is 2. The van der Waals surface area contributed by atoms with E-state index in [2.05, 4.69) is 24.3 Å². The van der Waals surface area contributed by atoms with Gasteiger partial charge in [0, 0.05) is 12.6 Å². The Morgan fingerprint density at radius 2 is 1.90 bits per heavy atom. The Labute approximate surface area is 64.6 Å². The van der Waals surface area contributed by atoms with Gasteiger partial charge >= 0.3 is 0 Å². The van der Waals surface area contributed by atoms with Crippen molar-refractivity contribution in [3.05, 3.63) is 0 Å². The van der Waals surface area contributed by atoms with Crippen LogP contribution in [0.3, 0.4) is 0 Å². The fraction of sp³-hybridized carbons (Fsp3) is 1.00. The molecule has 1 N–H and O–H groups in total. The molecule has 0 aromatic rings. The maximum atomic E-state index is 3.34. The molecule has 0 bridgehead atoms. The van der Waals surface area contributed by atoms with Crippen LogP contribution in [0.5, 0.6) is 0 Å². The Morgan fingerprint density at radius 3 is 2.00 bits per heavy atom. The smallest absolute Gasteiger partial charge is 0.0206 e. The largest absolute Gasteiger partial charge is 0.313 e. The average Bonchev–Trinajstić information content (AvgIpc) is 1.84. The molecule has 0 saturated carbocycles. The molecule has 2 nitrogen and oxygen atoms in total. The monoisotopic (exact) mass is 144 g/mol. The van der Waals surface area contributed by atoms with E-state index < -0.39 is 0 Å². The average molecular weight is 144 g/mol. The molecule has 0 amide bonds. The summed E-state index contributed by atoms with van der Waals surface area (Å²) in [7, 11) is 4.22. The van der Waals surface area contributed by atoms with E-state index in [-0.39, 0.29) is 0 Å². The van der Waals surface area contributed by atoms with E-state index in [9.17, 15) is 0 Å². The van der Waals surface area contributed by atoms with Crippen LogP contribution in [0.4, 0.5) is 0 Å². The minimum absolute atomic E-state index is 0.782. The molecule has 1 rings (SSSR count). The first-order chi connectivity index (χ1) is 4.79. The molecule has 1 aliphatic heterocycles. The second-order valence-corrected chi connectivity index (χ2v) is 2.70. The summed E-state index contributed by atoms with van der Waals surface area (Å²) in [4.78, 5) is 2.22. The zero-order chi connectivity index (χ0) is 7.98. The molecule has 0 spiro atoms. The van der Waals surface area contributed by atoms with Crippen LogP contribution >= 0.6 is 0 Å². The third-order valence-electron chi connectivity index (χ3n) is 1.51. The van der Waals surface area contributed by atoms with Gasteiger partial charge in [-0.2, -0.15) is 0 Å². The van der Waals surface area contributed by atoms with Crippen molar-refractivity contribution in [3.8, 4) is 0 Å². The first kappa shape index (κ1) is 9.92. The molecule has 1 fully saturated rings. The van der Waals surface area contributed by atoms with Crippen molar-refractivity contribution in [2.45, 2.75) is 26.3 Å². The van der Waals surface area contributed by atoms with Crippen molar-refractivity contribution < 1.29 is 0 Å². The second kappa shape index (κ2) is 5.69. The molecule has 10 heavy (non-hydrogen) atoms. The Balaban J connectivity index is 0.000000371. The number of likely N-dealkylation sites (N-methyl/N-ethyl adjacent to an activating group) is 1. The highest BCUT2D eigenvalue weighted by atomic mass is 15.1. The van der Waals surface area contributed by atoms with Crippen LogP contribution in [-0.2, 0) is 0 Å². The quantitative estimate of drug-likeness (QED) is 0.620. The van der Waals surface area contributed by atoms with Crippen LogP contribution in [0.2, 0.25) is 0 Å². The summed E-state index contributed by atoms with van der Waals surface area (Å²) in [6.45, 7) is 6.42. The molecule has 1 atom stereocenters. The molecule has 0 aliphatic carbocycles. The van der Waals surface area contributed by atoms with Crippen LogP contribution < -0.4 is 5.32 Å². The Morgan fingerprint density at radius 1 is 1.40 bits per heavy atom. The Kier molecular flexibility index (Phi) is 5.64. The number of nitrogens with zero attached hydrogens (tertiary/aromatic N) is 1. The van der Waals surface area contributed by atoms with Gasteiger partial charge in [-0.15, -0.1) is 0 Å². The maximum absolute atomic E-state index is 3.34. The van der Waals surface area contributed by atoms with E-state index in [1.165, 1.54) is 19.5 Å². The van der Waals surface area contributed by atoms with Crippen molar-refractivity contribution >= 4 is 0 Å². The van der Waals surface area contributed by atoms with Gasteiger partial charge in [0.15, 0.2) is 0 Å². The summed E-state index contributed by atoms with van der Waals surface area (Å²) >= 11 is 0. The highest BCUT2D eigenvalue weighted by Gasteiger charge is 2.15. The van der Waals surface area contributed by atoms with Gasteiger partial charge < -0.3 is 10.2 Å². The second-order valence-electron chi connectivity index (χ2n) is 2.70. The normalized spacial score (nSPS) is 23.1. The Hall–Kier alpha value is -0.0800. The van der Waals surface area contributed by atoms with Gasteiger partial charge in [-0.25, -0.2) is 0 Å². The minimum atomic E-state index is 0.782. The van der Waals surface area contributed by atoms with Gasteiger partial charge in [0.2, 0.25) is 0 Å². The van der Waals surface area contributed by atoms with Crippen molar-refractivity contribution in [3.63, 3.8) is 0 Å². The standard InChI is InChI=1S/C6H14N2.C2H6/c1-8(2)5-6-3-4-7-6;1-2/h6-7H,3-5H2,1-2H3;1-2H3/t6-;/m0./s1. The van der Waals surface area contributed by atoms with Gasteiger partial charge in [0.25, 0.3) is 0 Å². The van der Waals surface area contributed by atoms with Crippen molar-refractivity contribution in [1.82, 2.24) is 10.2 Å². The minimum Gasteiger partial charge on any atom is -0.313 e. The van der Waals surface area contributed by atoms with E-state index in [0.29, 0.717) is 0 Å².